The highest BCUT2D eigenvalue weighted by atomic mass is 32.2. The van der Waals surface area contributed by atoms with Crippen LogP contribution in [0.2, 0.25) is 0 Å². The summed E-state index contributed by atoms with van der Waals surface area (Å²) in [6.07, 6.45) is 2.83. The number of anilines is 1. The molecule has 0 fully saturated rings. The summed E-state index contributed by atoms with van der Waals surface area (Å²) >= 11 is 3.27. The number of halogens is 1. The number of thioether (sulfide) groups is 1. The maximum atomic E-state index is 13.2. The van der Waals surface area contributed by atoms with Crippen molar-refractivity contribution in [2.75, 3.05) is 24.2 Å². The Morgan fingerprint density at radius 3 is 2.90 bits per heavy atom. The largest absolute Gasteiger partial charge is 0.314 e. The van der Waals surface area contributed by atoms with E-state index in [9.17, 15) is 4.39 Å². The van der Waals surface area contributed by atoms with Crippen molar-refractivity contribution < 1.29 is 4.39 Å². The highest BCUT2D eigenvalue weighted by molar-refractivity contribution is 8.14. The fraction of sp³-hybridized carbons (Fsp3) is 0.308. The molecule has 3 rings (SSSR count). The second kappa shape index (κ2) is 5.49. The zero-order chi connectivity index (χ0) is 14.1. The van der Waals surface area contributed by atoms with Crippen molar-refractivity contribution in [3.63, 3.8) is 0 Å². The minimum Gasteiger partial charge on any atom is -0.314 e. The predicted octanol–water partition coefficient (Wildman–Crippen LogP) is 3.19. The van der Waals surface area contributed by atoms with Crippen molar-refractivity contribution in [2.24, 2.45) is 4.99 Å². The molecule has 0 radical (unpaired) electrons. The quantitative estimate of drug-likeness (QED) is 0.854. The van der Waals surface area contributed by atoms with Crippen LogP contribution in [0.15, 0.2) is 23.5 Å². The van der Waals surface area contributed by atoms with Gasteiger partial charge in [0.2, 0.25) is 0 Å². The molecule has 20 heavy (non-hydrogen) atoms. The van der Waals surface area contributed by atoms with Gasteiger partial charge in [-0.1, -0.05) is 23.1 Å². The average molecular weight is 308 g/mol. The van der Waals surface area contributed by atoms with E-state index in [1.807, 2.05) is 14.0 Å². The zero-order valence-electron chi connectivity index (χ0n) is 11.1. The van der Waals surface area contributed by atoms with Gasteiger partial charge >= 0.3 is 0 Å². The van der Waals surface area contributed by atoms with Gasteiger partial charge in [-0.15, -0.1) is 0 Å². The molecule has 3 heterocycles. The Morgan fingerprint density at radius 2 is 2.20 bits per heavy atom. The van der Waals surface area contributed by atoms with Gasteiger partial charge in [0.05, 0.1) is 18.4 Å². The van der Waals surface area contributed by atoms with E-state index < -0.39 is 0 Å². The van der Waals surface area contributed by atoms with Crippen LogP contribution in [-0.4, -0.2) is 34.5 Å². The summed E-state index contributed by atoms with van der Waals surface area (Å²) in [6.45, 7) is 2.82. The third kappa shape index (κ3) is 2.55. The molecule has 4 nitrogen and oxygen atoms in total. The predicted molar refractivity (Wildman–Crippen MR) is 83.2 cm³/mol. The van der Waals surface area contributed by atoms with Gasteiger partial charge in [0.1, 0.15) is 15.8 Å². The van der Waals surface area contributed by atoms with Crippen LogP contribution in [0.5, 0.6) is 0 Å². The summed E-state index contributed by atoms with van der Waals surface area (Å²) in [5.74, 6) is 0.680. The smallest absolute Gasteiger partial charge is 0.164 e. The lowest BCUT2D eigenvalue weighted by atomic mass is 10.3. The average Bonchev–Trinajstić information content (AvgIpc) is 3.07. The molecule has 0 aliphatic carbocycles. The second-order valence-electron chi connectivity index (χ2n) is 4.37. The van der Waals surface area contributed by atoms with E-state index in [0.29, 0.717) is 5.56 Å². The minimum absolute atomic E-state index is 0.346. The van der Waals surface area contributed by atoms with E-state index in [1.54, 1.807) is 18.0 Å². The van der Waals surface area contributed by atoms with Crippen LogP contribution in [0.1, 0.15) is 5.69 Å². The monoisotopic (exact) mass is 308 g/mol. The van der Waals surface area contributed by atoms with Crippen LogP contribution in [0.3, 0.4) is 0 Å². The molecular formula is C13H13FN4S2. The Bertz CT molecular complexity index is 668. The SMILES string of the molecule is Cc1nc(-c2cncc(F)c2)sc1N(C)C1=NCCS1. The number of aromatic nitrogens is 2. The number of pyridine rings is 1. The fourth-order valence-electron chi connectivity index (χ4n) is 1.97. The summed E-state index contributed by atoms with van der Waals surface area (Å²) in [4.78, 5) is 14.9. The first-order valence-corrected chi connectivity index (χ1v) is 7.94. The number of rotatable bonds is 2. The first-order chi connectivity index (χ1) is 9.65. The lowest BCUT2D eigenvalue weighted by Gasteiger charge is -2.16. The van der Waals surface area contributed by atoms with Crippen LogP contribution in [0, 0.1) is 12.7 Å². The standard InChI is InChI=1S/C13H13FN4S2/c1-8-12(18(2)13-16-3-4-19-13)20-11(17-8)9-5-10(14)7-15-6-9/h5-7H,3-4H2,1-2H3. The first-order valence-electron chi connectivity index (χ1n) is 6.14. The van der Waals surface area contributed by atoms with Gasteiger partial charge in [0.15, 0.2) is 5.17 Å². The minimum atomic E-state index is -0.346. The van der Waals surface area contributed by atoms with Gasteiger partial charge in [-0.05, 0) is 13.0 Å². The van der Waals surface area contributed by atoms with Crippen molar-refractivity contribution in [3.05, 3.63) is 30.0 Å². The van der Waals surface area contributed by atoms with Crippen molar-refractivity contribution in [1.29, 1.82) is 0 Å². The Morgan fingerprint density at radius 1 is 1.35 bits per heavy atom. The van der Waals surface area contributed by atoms with Crippen molar-refractivity contribution in [1.82, 2.24) is 9.97 Å². The molecule has 0 amide bonds. The maximum absolute atomic E-state index is 13.2. The highest BCUT2D eigenvalue weighted by Gasteiger charge is 2.19. The number of aryl methyl sites for hydroxylation is 1. The maximum Gasteiger partial charge on any atom is 0.164 e. The van der Waals surface area contributed by atoms with Gasteiger partial charge < -0.3 is 4.90 Å². The van der Waals surface area contributed by atoms with Crippen LogP contribution in [0.4, 0.5) is 9.39 Å². The summed E-state index contributed by atoms with van der Waals surface area (Å²) < 4.78 is 13.2. The molecule has 0 atom stereocenters. The number of thiazole rings is 1. The van der Waals surface area contributed by atoms with E-state index in [2.05, 4.69) is 19.9 Å². The van der Waals surface area contributed by atoms with Gasteiger partial charge in [-0.2, -0.15) is 0 Å². The molecule has 7 heteroatoms. The Kier molecular flexibility index (Phi) is 3.71. The van der Waals surface area contributed by atoms with Crippen molar-refractivity contribution in [3.8, 4) is 10.6 Å². The van der Waals surface area contributed by atoms with Crippen molar-refractivity contribution >= 4 is 33.3 Å². The van der Waals surface area contributed by atoms with E-state index in [0.717, 1.165) is 33.2 Å². The van der Waals surface area contributed by atoms with Gasteiger partial charge in [-0.3, -0.25) is 9.98 Å². The van der Waals surface area contributed by atoms with Crippen LogP contribution in [0.25, 0.3) is 10.6 Å². The number of hydrogen-bond acceptors (Lipinski definition) is 6. The molecule has 0 bridgehead atoms. The molecule has 0 saturated carbocycles. The Hall–Kier alpha value is -1.47. The first kappa shape index (κ1) is 13.5. The fourth-order valence-corrected chi connectivity index (χ4v) is 3.87. The number of hydrogen-bond donors (Lipinski definition) is 0. The molecule has 0 aromatic carbocycles. The molecule has 2 aromatic rings. The lowest BCUT2D eigenvalue weighted by molar-refractivity contribution is 0.622. The molecule has 1 aliphatic heterocycles. The van der Waals surface area contributed by atoms with Crippen LogP contribution < -0.4 is 4.90 Å². The third-order valence-corrected chi connectivity index (χ3v) is 5.22. The molecule has 104 valence electrons. The second-order valence-corrected chi connectivity index (χ2v) is 6.41. The number of nitrogens with zero attached hydrogens (tertiary/aromatic N) is 4. The molecule has 0 N–H and O–H groups in total. The topological polar surface area (TPSA) is 41.4 Å². The Labute approximate surface area is 124 Å². The summed E-state index contributed by atoms with van der Waals surface area (Å²) in [5.41, 5.74) is 1.63. The number of amidine groups is 1. The van der Waals surface area contributed by atoms with Gasteiger partial charge in [0, 0.05) is 24.6 Å². The summed E-state index contributed by atoms with van der Waals surface area (Å²) in [5, 5.41) is 2.83. The van der Waals surface area contributed by atoms with E-state index in [-0.39, 0.29) is 5.82 Å². The molecular weight excluding hydrogens is 295 g/mol. The third-order valence-electron chi connectivity index (χ3n) is 2.89. The summed E-state index contributed by atoms with van der Waals surface area (Å²) in [6, 6.07) is 1.46. The van der Waals surface area contributed by atoms with Crippen LogP contribution >= 0.6 is 23.1 Å². The lowest BCUT2D eigenvalue weighted by Crippen LogP contribution is -2.21. The van der Waals surface area contributed by atoms with E-state index in [4.69, 9.17) is 0 Å². The number of aliphatic imine (C=N–C) groups is 1. The highest BCUT2D eigenvalue weighted by Crippen LogP contribution is 2.35. The molecule has 0 unspecified atom stereocenters. The van der Waals surface area contributed by atoms with Gasteiger partial charge in [0.25, 0.3) is 0 Å². The molecule has 0 saturated heterocycles. The molecule has 0 spiro atoms. The molecule has 2 aromatic heterocycles. The van der Waals surface area contributed by atoms with Crippen LogP contribution in [-0.2, 0) is 0 Å². The van der Waals surface area contributed by atoms with Gasteiger partial charge in [-0.25, -0.2) is 9.37 Å². The normalized spacial score (nSPS) is 14.4. The van der Waals surface area contributed by atoms with E-state index in [1.165, 1.54) is 23.6 Å². The zero-order valence-corrected chi connectivity index (χ0v) is 12.8. The molecule has 1 aliphatic rings. The van der Waals surface area contributed by atoms with Crippen molar-refractivity contribution in [2.45, 2.75) is 6.92 Å². The Balaban J connectivity index is 1.95. The summed E-state index contributed by atoms with van der Waals surface area (Å²) in [7, 11) is 1.99. The van der Waals surface area contributed by atoms with E-state index >= 15 is 0 Å².